The largest absolute Gasteiger partial charge is 0.494 e. The zero-order valence-electron chi connectivity index (χ0n) is 35.0. The first-order valence-corrected chi connectivity index (χ1v) is 18.3. The van der Waals surface area contributed by atoms with Crippen LogP contribution < -0.4 is 48.1 Å². The molecule has 9 heterocycles. The van der Waals surface area contributed by atoms with Crippen LogP contribution in [0.25, 0.3) is 0 Å². The van der Waals surface area contributed by atoms with Gasteiger partial charge in [0.1, 0.15) is 30.7 Å². The van der Waals surface area contributed by atoms with Gasteiger partial charge >= 0.3 is 0 Å². The predicted molar refractivity (Wildman–Crippen MR) is 260 cm³/mol. The summed E-state index contributed by atoms with van der Waals surface area (Å²) in [5.74, 6) is 3.08. The number of ether oxygens (including phenoxy) is 3. The maximum Gasteiger partial charge on any atom is 0.185 e. The molecule has 0 atom stereocenters. The molecule has 9 rings (SSSR count). The molecule has 20 nitrogen and oxygen atoms in total. The van der Waals surface area contributed by atoms with E-state index in [9.17, 15) is 0 Å². The lowest BCUT2D eigenvalue weighted by molar-refractivity contribution is 0.222. The Morgan fingerprint density at radius 3 is 1.63 bits per heavy atom. The molecular formula is C43H55N17O3. The zero-order valence-corrected chi connectivity index (χ0v) is 35.0. The SMILES string of the molecule is C=C1C=CC=NN1.C=C1C=CN=CN1.C=C1C=NC=CN1.C=C1COC=CN1.C=C1N=CC=CN1.C=C1N=CC=NN1.C=C1N=CNC=N1.C=C1NC=CCO1.C=C1NCC=CO1. The van der Waals surface area contributed by atoms with E-state index in [0.717, 1.165) is 29.3 Å². The number of rotatable bonds is 0. The van der Waals surface area contributed by atoms with Crippen LogP contribution in [-0.4, -0.2) is 69.8 Å². The molecule has 0 fully saturated rings. The normalized spacial score (nSPS) is 17.2. The Bertz CT molecular complexity index is 1760. The van der Waals surface area contributed by atoms with E-state index in [4.69, 9.17) is 14.2 Å². The highest BCUT2D eigenvalue weighted by molar-refractivity contribution is 6.16. The lowest BCUT2D eigenvalue weighted by atomic mass is 10.4. The molecule has 0 spiro atoms. The fourth-order valence-corrected chi connectivity index (χ4v) is 3.18. The average molecular weight is 858 g/mol. The first kappa shape index (κ1) is 51.8. The van der Waals surface area contributed by atoms with Crippen molar-refractivity contribution in [3.63, 3.8) is 0 Å². The van der Waals surface area contributed by atoms with Crippen molar-refractivity contribution in [2.75, 3.05) is 19.8 Å². The Morgan fingerprint density at radius 2 is 1.35 bits per heavy atom. The lowest BCUT2D eigenvalue weighted by Gasteiger charge is -2.09. The number of nitrogens with zero attached hydrogens (tertiary/aromatic N) is 8. The highest BCUT2D eigenvalue weighted by Crippen LogP contribution is 1.95. The summed E-state index contributed by atoms with van der Waals surface area (Å²) in [6, 6.07) is 0. The van der Waals surface area contributed by atoms with Gasteiger partial charge in [0, 0.05) is 91.4 Å². The van der Waals surface area contributed by atoms with Crippen LogP contribution in [0.5, 0.6) is 0 Å². The van der Waals surface area contributed by atoms with Crippen molar-refractivity contribution in [1.82, 2.24) is 48.1 Å². The summed E-state index contributed by atoms with van der Waals surface area (Å²) in [6.45, 7) is 34.1. The molecule has 0 radical (unpaired) electrons. The van der Waals surface area contributed by atoms with E-state index in [2.05, 4.69) is 147 Å². The molecule has 0 aromatic heterocycles. The zero-order chi connectivity index (χ0) is 46.0. The monoisotopic (exact) mass is 857 g/mol. The van der Waals surface area contributed by atoms with Gasteiger partial charge in [0.05, 0.1) is 37.8 Å². The summed E-state index contributed by atoms with van der Waals surface area (Å²) >= 11 is 0. The van der Waals surface area contributed by atoms with Gasteiger partial charge in [-0.05, 0) is 49.6 Å². The van der Waals surface area contributed by atoms with Crippen molar-refractivity contribution in [1.29, 1.82) is 0 Å². The lowest BCUT2D eigenvalue weighted by Crippen LogP contribution is -2.16. The van der Waals surface area contributed by atoms with E-state index in [0.29, 0.717) is 42.4 Å². The molecule has 0 saturated heterocycles. The van der Waals surface area contributed by atoms with E-state index in [1.54, 1.807) is 87.0 Å². The smallest absolute Gasteiger partial charge is 0.185 e. The average Bonchev–Trinajstić information content (AvgIpc) is 3.31. The van der Waals surface area contributed by atoms with Crippen molar-refractivity contribution < 1.29 is 14.2 Å². The summed E-state index contributed by atoms with van der Waals surface area (Å²) < 4.78 is 14.5. The highest BCUT2D eigenvalue weighted by Gasteiger charge is 1.93. The van der Waals surface area contributed by atoms with Crippen LogP contribution in [0.15, 0.2) is 238 Å². The molecule has 9 aliphatic rings. The topological polar surface area (TPSA) is 235 Å². The second-order valence-corrected chi connectivity index (χ2v) is 11.2. The molecule has 0 aromatic rings. The summed E-state index contributed by atoms with van der Waals surface area (Å²) in [7, 11) is 0. The molecule has 0 aliphatic carbocycles. The second kappa shape index (κ2) is 35.9. The molecule has 9 aliphatic heterocycles. The van der Waals surface area contributed by atoms with E-state index in [1.807, 2.05) is 36.6 Å². The van der Waals surface area contributed by atoms with Gasteiger partial charge in [-0.15, -0.1) is 0 Å². The minimum Gasteiger partial charge on any atom is -0.494 e. The third-order valence-corrected chi connectivity index (χ3v) is 5.96. The predicted octanol–water partition coefficient (Wildman–Crippen LogP) is 4.59. The number of hydrazone groups is 2. The van der Waals surface area contributed by atoms with Gasteiger partial charge in [0.2, 0.25) is 0 Å². The van der Waals surface area contributed by atoms with Crippen molar-refractivity contribution in [3.8, 4) is 0 Å². The van der Waals surface area contributed by atoms with E-state index >= 15 is 0 Å². The minimum atomic E-state index is 0.541. The maximum absolute atomic E-state index is 4.89. The summed E-state index contributed by atoms with van der Waals surface area (Å²) in [6.07, 6.45) is 37.6. The van der Waals surface area contributed by atoms with Crippen LogP contribution in [0.3, 0.4) is 0 Å². The maximum atomic E-state index is 4.89. The molecule has 0 bridgehead atoms. The van der Waals surface area contributed by atoms with Gasteiger partial charge in [-0.3, -0.25) is 15.8 Å². The van der Waals surface area contributed by atoms with Crippen LogP contribution in [0.2, 0.25) is 0 Å². The van der Waals surface area contributed by atoms with Crippen LogP contribution in [0.4, 0.5) is 0 Å². The van der Waals surface area contributed by atoms with E-state index < -0.39 is 0 Å². The Morgan fingerprint density at radius 1 is 0.556 bits per heavy atom. The number of hydrogen-bond acceptors (Lipinski definition) is 20. The fraction of sp³-hybridized carbons (Fsp3) is 0.0698. The number of hydrogen-bond donors (Lipinski definition) is 9. The van der Waals surface area contributed by atoms with Crippen molar-refractivity contribution in [3.05, 3.63) is 197 Å². The van der Waals surface area contributed by atoms with Gasteiger partial charge in [-0.25, -0.2) is 25.0 Å². The standard InChI is InChI=1S/4C5H6N2.3C5H7NO.2C4H5N3/c1-5-4-6-2-3-7-5;1-5-2-3-6-4-7-5;1-5-6-3-2-4-7-5;1-5-3-2-4-6-7-5;1-5-4-7-3-2-6-5;2*1-5-6-3-2-4-7-5;1-4-6-2-5-3-7-4;1-4-5-2-3-6-7-4/h2-4,7H,1H2;2-4H,1H2,(H,6,7);2-4,6H,1H2;2-4,7H,1H2;2-3,6H,1,4H2;2,4,6H,1,3H2;2-3,6H,1,4H2;2-3H,1H2,(H,5,6,7);2-3,7H,1H2. The number of nitrogens with one attached hydrogen (secondary N) is 9. The quantitative estimate of drug-likeness (QED) is 0.163. The second-order valence-electron chi connectivity index (χ2n) is 11.2. The van der Waals surface area contributed by atoms with Crippen LogP contribution in [-0.2, 0) is 14.2 Å². The number of allylic oxidation sites excluding steroid dienone is 5. The molecule has 0 aromatic carbocycles. The molecule has 63 heavy (non-hydrogen) atoms. The highest BCUT2D eigenvalue weighted by atomic mass is 16.5. The van der Waals surface area contributed by atoms with Gasteiger partial charge in [0.15, 0.2) is 11.8 Å². The summed E-state index contributed by atoms with van der Waals surface area (Å²) in [4.78, 5) is 22.5. The van der Waals surface area contributed by atoms with Crippen molar-refractivity contribution in [2.45, 2.75) is 0 Å². The minimum absolute atomic E-state index is 0.541. The van der Waals surface area contributed by atoms with Crippen molar-refractivity contribution in [2.24, 2.45) is 40.2 Å². The van der Waals surface area contributed by atoms with Crippen molar-refractivity contribution >= 4 is 50.1 Å². The first-order valence-electron chi connectivity index (χ1n) is 18.3. The van der Waals surface area contributed by atoms with Gasteiger partial charge in [0.25, 0.3) is 0 Å². The van der Waals surface area contributed by atoms with Gasteiger partial charge in [-0.2, -0.15) is 10.2 Å². The van der Waals surface area contributed by atoms with Crippen LogP contribution >= 0.6 is 0 Å². The molecule has 0 unspecified atom stereocenters. The molecule has 20 heteroatoms. The van der Waals surface area contributed by atoms with E-state index in [1.165, 1.54) is 12.7 Å². The van der Waals surface area contributed by atoms with Gasteiger partial charge < -0.3 is 51.4 Å². The van der Waals surface area contributed by atoms with Crippen LogP contribution in [0.1, 0.15) is 0 Å². The molecule has 0 saturated carbocycles. The molecule has 0 amide bonds. The Labute approximate surface area is 368 Å². The van der Waals surface area contributed by atoms with E-state index in [-0.39, 0.29) is 0 Å². The third kappa shape index (κ3) is 34.5. The van der Waals surface area contributed by atoms with Gasteiger partial charge in [-0.1, -0.05) is 46.1 Å². The molecule has 330 valence electrons. The Kier molecular flexibility index (Phi) is 29.5. The first-order chi connectivity index (χ1) is 30.5. The Hall–Kier alpha value is -9.20. The number of aliphatic imine (C=N–C) groups is 6. The molecule has 9 N–H and O–H groups in total. The third-order valence-electron chi connectivity index (χ3n) is 5.96. The summed E-state index contributed by atoms with van der Waals surface area (Å²) in [5.41, 5.74) is 8.69. The summed E-state index contributed by atoms with van der Waals surface area (Å²) in [5, 5.41) is 27.0. The van der Waals surface area contributed by atoms with Crippen LogP contribution in [0, 0.1) is 0 Å². The fourth-order valence-electron chi connectivity index (χ4n) is 3.18. The molecular weight excluding hydrogens is 803 g/mol. The Balaban J connectivity index is 0.000000354.